The molecule has 2 N–H and O–H groups in total. The molecule has 1 aliphatic rings. The number of thiophene rings is 1. The van der Waals surface area contributed by atoms with E-state index in [-0.39, 0.29) is 30.9 Å². The summed E-state index contributed by atoms with van der Waals surface area (Å²) in [4.78, 5) is 24.3. The second-order valence-electron chi connectivity index (χ2n) is 9.03. The third-order valence-corrected chi connectivity index (χ3v) is 7.56. The number of aryl methyl sites for hydroxylation is 1. The van der Waals surface area contributed by atoms with Crippen LogP contribution in [0, 0.1) is 13.8 Å². The zero-order valence-electron chi connectivity index (χ0n) is 20.0. The van der Waals surface area contributed by atoms with Crippen LogP contribution in [0.1, 0.15) is 68.6 Å². The number of rotatable bonds is 6. The van der Waals surface area contributed by atoms with Crippen LogP contribution in [0.5, 0.6) is 5.75 Å². The van der Waals surface area contributed by atoms with E-state index in [1.54, 1.807) is 12.1 Å². The number of hydrogen-bond acceptors (Lipinski definition) is 4. The summed E-state index contributed by atoms with van der Waals surface area (Å²) in [6.45, 7) is 5.91. The van der Waals surface area contributed by atoms with Crippen molar-refractivity contribution < 1.29 is 32.6 Å². The number of carboxylic acids is 1. The van der Waals surface area contributed by atoms with E-state index in [2.05, 4.69) is 12.2 Å². The molecular weight excluding hydrogens is 491 g/mol. The van der Waals surface area contributed by atoms with E-state index in [9.17, 15) is 22.8 Å². The van der Waals surface area contributed by atoms with Gasteiger partial charge in [-0.05, 0) is 78.8 Å². The molecule has 2 unspecified atom stereocenters. The summed E-state index contributed by atoms with van der Waals surface area (Å²) in [5.74, 6) is -0.523. The topological polar surface area (TPSA) is 75.6 Å². The normalized spacial score (nSPS) is 17.3. The van der Waals surface area contributed by atoms with Crippen molar-refractivity contribution in [3.8, 4) is 16.9 Å². The molecule has 1 amide bonds. The Morgan fingerprint density at radius 2 is 1.92 bits per heavy atom. The maximum absolute atomic E-state index is 13.3. The van der Waals surface area contributed by atoms with Crippen LogP contribution in [0.4, 0.5) is 13.2 Å². The predicted molar refractivity (Wildman–Crippen MR) is 132 cm³/mol. The largest absolute Gasteiger partial charge is 0.485 e. The van der Waals surface area contributed by atoms with Gasteiger partial charge in [0.2, 0.25) is 0 Å². The monoisotopic (exact) mass is 517 g/mol. The molecule has 190 valence electrons. The zero-order valence-corrected chi connectivity index (χ0v) is 20.8. The minimum Gasteiger partial charge on any atom is -0.485 e. The number of ether oxygens (including phenoxy) is 1. The zero-order chi connectivity index (χ0) is 26.2. The highest BCUT2D eigenvalue weighted by Crippen LogP contribution is 2.48. The smallest absolute Gasteiger partial charge is 0.416 e. The summed E-state index contributed by atoms with van der Waals surface area (Å²) >= 11 is 1.30. The number of amides is 1. The molecule has 0 bridgehead atoms. The van der Waals surface area contributed by atoms with E-state index in [0.717, 1.165) is 33.2 Å². The van der Waals surface area contributed by atoms with Crippen LogP contribution in [0.2, 0.25) is 0 Å². The van der Waals surface area contributed by atoms with Gasteiger partial charge in [0.25, 0.3) is 5.91 Å². The number of carboxylic acid groups (broad SMARTS) is 1. The molecule has 0 saturated carbocycles. The first-order valence-electron chi connectivity index (χ1n) is 11.5. The number of nitrogens with one attached hydrogen (secondary N) is 1. The Morgan fingerprint density at radius 1 is 1.17 bits per heavy atom. The van der Waals surface area contributed by atoms with Crippen LogP contribution in [0.25, 0.3) is 11.1 Å². The Labute approximate surface area is 210 Å². The molecule has 3 aromatic rings. The summed E-state index contributed by atoms with van der Waals surface area (Å²) < 4.78 is 46.2. The first-order valence-corrected chi connectivity index (χ1v) is 12.4. The Morgan fingerprint density at radius 3 is 2.61 bits per heavy atom. The molecule has 36 heavy (non-hydrogen) atoms. The van der Waals surface area contributed by atoms with Gasteiger partial charge in [-0.25, -0.2) is 0 Å². The summed E-state index contributed by atoms with van der Waals surface area (Å²) in [7, 11) is 0. The maximum atomic E-state index is 13.3. The molecule has 9 heteroatoms. The third-order valence-electron chi connectivity index (χ3n) is 6.39. The lowest BCUT2D eigenvalue weighted by molar-refractivity contribution is -0.138. The molecule has 2 atom stereocenters. The Bertz CT molecular complexity index is 1310. The van der Waals surface area contributed by atoms with Crippen molar-refractivity contribution in [2.75, 3.05) is 6.54 Å². The predicted octanol–water partition coefficient (Wildman–Crippen LogP) is 6.88. The van der Waals surface area contributed by atoms with E-state index in [4.69, 9.17) is 9.84 Å². The Balaban J connectivity index is 1.60. The van der Waals surface area contributed by atoms with E-state index in [1.807, 2.05) is 26.0 Å². The summed E-state index contributed by atoms with van der Waals surface area (Å²) in [6, 6.07) is 10.8. The molecule has 5 nitrogen and oxygen atoms in total. The molecule has 0 spiro atoms. The van der Waals surface area contributed by atoms with Crippen molar-refractivity contribution in [2.45, 2.75) is 51.8 Å². The second kappa shape index (κ2) is 9.97. The number of fused-ring (bicyclic) bond motifs is 1. The number of hydrogen-bond donors (Lipinski definition) is 2. The summed E-state index contributed by atoms with van der Waals surface area (Å²) in [6.07, 6.45) is -4.18. The lowest BCUT2D eigenvalue weighted by atomic mass is 9.82. The first kappa shape index (κ1) is 25.8. The van der Waals surface area contributed by atoms with Crippen molar-refractivity contribution in [1.29, 1.82) is 0 Å². The fourth-order valence-electron chi connectivity index (χ4n) is 4.80. The number of alkyl halides is 3. The highest BCUT2D eigenvalue weighted by atomic mass is 32.1. The van der Waals surface area contributed by atoms with Crippen molar-refractivity contribution in [1.82, 2.24) is 5.32 Å². The van der Waals surface area contributed by atoms with Crippen LogP contribution in [0.3, 0.4) is 0 Å². The van der Waals surface area contributed by atoms with Crippen LogP contribution < -0.4 is 10.1 Å². The van der Waals surface area contributed by atoms with Crippen LogP contribution >= 0.6 is 11.3 Å². The number of carbonyl (C=O) groups excluding carboxylic acids is 1. The second-order valence-corrected chi connectivity index (χ2v) is 10.1. The number of carbonyl (C=O) groups is 2. The van der Waals surface area contributed by atoms with Crippen LogP contribution in [-0.2, 0) is 11.0 Å². The van der Waals surface area contributed by atoms with Gasteiger partial charge in [0.05, 0.1) is 16.9 Å². The fourth-order valence-corrected chi connectivity index (χ4v) is 5.77. The lowest BCUT2D eigenvalue weighted by Gasteiger charge is -2.33. The average Bonchev–Trinajstić information content (AvgIpc) is 3.28. The van der Waals surface area contributed by atoms with Crippen molar-refractivity contribution in [3.63, 3.8) is 0 Å². The SMILES string of the molecule is Cc1cc2c(c(C)c1-c1cccc(C(F)(F)F)c1)C(C)CC(c1ccc(C(=O)NCCC(=O)O)s1)O2. The van der Waals surface area contributed by atoms with Gasteiger partial charge < -0.3 is 15.2 Å². The van der Waals surface area contributed by atoms with E-state index < -0.39 is 17.7 Å². The Hall–Kier alpha value is -3.33. The van der Waals surface area contributed by atoms with E-state index in [0.29, 0.717) is 22.6 Å². The summed E-state index contributed by atoms with van der Waals surface area (Å²) in [5.41, 5.74) is 3.33. The maximum Gasteiger partial charge on any atom is 0.416 e. The number of benzene rings is 2. The standard InChI is InChI=1S/C27H26F3NO4S/c1-14-12-20-25(16(3)24(14)17-5-4-6-18(13-17)27(28,29)30)15(2)11-19(35-20)21-7-8-22(36-21)26(34)31-10-9-23(32)33/h4-8,12-13,15,19H,9-11H2,1-3H3,(H,31,34)(H,32,33). The lowest BCUT2D eigenvalue weighted by Crippen LogP contribution is -2.25. The molecule has 2 aromatic carbocycles. The van der Waals surface area contributed by atoms with Gasteiger partial charge in [-0.15, -0.1) is 11.3 Å². The first-order chi connectivity index (χ1) is 17.0. The molecule has 0 fully saturated rings. The molecule has 1 aromatic heterocycles. The van der Waals surface area contributed by atoms with Gasteiger partial charge in [0.1, 0.15) is 11.9 Å². The van der Waals surface area contributed by atoms with Crippen LogP contribution in [-0.4, -0.2) is 23.5 Å². The van der Waals surface area contributed by atoms with Gasteiger partial charge in [-0.1, -0.05) is 19.1 Å². The van der Waals surface area contributed by atoms with Gasteiger partial charge in [0, 0.05) is 17.0 Å². The van der Waals surface area contributed by atoms with Crippen molar-refractivity contribution in [2.24, 2.45) is 0 Å². The van der Waals surface area contributed by atoms with E-state index >= 15 is 0 Å². The third kappa shape index (κ3) is 5.26. The van der Waals surface area contributed by atoms with Crippen molar-refractivity contribution >= 4 is 23.2 Å². The van der Waals surface area contributed by atoms with Gasteiger partial charge in [-0.2, -0.15) is 13.2 Å². The van der Waals surface area contributed by atoms with Gasteiger partial charge in [-0.3, -0.25) is 9.59 Å². The quantitative estimate of drug-likeness (QED) is 0.374. The number of halogens is 3. The summed E-state index contributed by atoms with van der Waals surface area (Å²) in [5, 5.41) is 11.3. The minimum absolute atomic E-state index is 0.0541. The molecule has 2 heterocycles. The molecule has 0 saturated heterocycles. The van der Waals surface area contributed by atoms with Gasteiger partial charge in [0.15, 0.2) is 0 Å². The molecule has 0 radical (unpaired) electrons. The van der Waals surface area contributed by atoms with Crippen LogP contribution in [0.15, 0.2) is 42.5 Å². The highest BCUT2D eigenvalue weighted by molar-refractivity contribution is 7.14. The molecule has 4 rings (SSSR count). The Kier molecular flexibility index (Phi) is 7.13. The van der Waals surface area contributed by atoms with Crippen molar-refractivity contribution in [3.05, 3.63) is 74.5 Å². The number of aliphatic carboxylic acids is 1. The fraction of sp³-hybridized carbons (Fsp3) is 0.333. The van der Waals surface area contributed by atoms with E-state index in [1.165, 1.54) is 23.5 Å². The average molecular weight is 518 g/mol. The van der Waals surface area contributed by atoms with Gasteiger partial charge >= 0.3 is 12.1 Å². The molecule has 1 aliphatic heterocycles. The minimum atomic E-state index is -4.41. The molecule has 0 aliphatic carbocycles. The highest BCUT2D eigenvalue weighted by Gasteiger charge is 2.33. The molecular formula is C27H26F3NO4S.